The highest BCUT2D eigenvalue weighted by Gasteiger charge is 2.28. The van der Waals surface area contributed by atoms with Crippen LogP contribution in [0.3, 0.4) is 0 Å². The molecule has 1 aliphatic rings. The van der Waals surface area contributed by atoms with Gasteiger partial charge in [0.05, 0.1) is 20.0 Å². The molecular formula is C18H19N3O3S3. The molecule has 0 saturated carbocycles. The Morgan fingerprint density at radius 2 is 2.04 bits per heavy atom. The number of thiazole rings is 1. The predicted octanol–water partition coefficient (Wildman–Crippen LogP) is 4.03. The van der Waals surface area contributed by atoms with Gasteiger partial charge in [0.1, 0.15) is 0 Å². The molecule has 0 radical (unpaired) electrons. The topological polar surface area (TPSA) is 79.4 Å². The van der Waals surface area contributed by atoms with Gasteiger partial charge in [-0.15, -0.1) is 11.3 Å². The summed E-state index contributed by atoms with van der Waals surface area (Å²) >= 11 is 2.64. The molecule has 0 atom stereocenters. The van der Waals surface area contributed by atoms with Gasteiger partial charge in [-0.1, -0.05) is 24.3 Å². The molecule has 4 rings (SSSR count). The molecule has 6 nitrogen and oxygen atoms in total. The maximum absolute atomic E-state index is 12.9. The van der Waals surface area contributed by atoms with Crippen molar-refractivity contribution in [2.45, 2.75) is 24.7 Å². The Kier molecular flexibility index (Phi) is 5.02. The Balaban J connectivity index is 1.58. The quantitative estimate of drug-likeness (QED) is 0.690. The minimum Gasteiger partial charge on any atom is -0.297 e. The number of hydrogen-bond acceptors (Lipinski definition) is 6. The van der Waals surface area contributed by atoms with Gasteiger partial charge in [0.25, 0.3) is 5.91 Å². The zero-order valence-electron chi connectivity index (χ0n) is 14.7. The molecular weight excluding hydrogens is 402 g/mol. The van der Waals surface area contributed by atoms with Crippen LogP contribution in [0.15, 0.2) is 40.6 Å². The summed E-state index contributed by atoms with van der Waals surface area (Å²) in [6, 6.07) is 8.52. The van der Waals surface area contributed by atoms with Gasteiger partial charge in [0.15, 0.2) is 5.13 Å². The van der Waals surface area contributed by atoms with Crippen LogP contribution in [0, 0.1) is 5.92 Å². The number of piperidine rings is 1. The number of thiophene rings is 1. The molecule has 1 amide bonds. The monoisotopic (exact) mass is 421 g/mol. The molecule has 1 saturated heterocycles. The Bertz CT molecular complexity index is 1070. The average molecular weight is 422 g/mol. The van der Waals surface area contributed by atoms with Crippen molar-refractivity contribution in [3.05, 3.63) is 40.6 Å². The Hall–Kier alpha value is -1.81. The lowest BCUT2D eigenvalue weighted by molar-refractivity contribution is 0.103. The van der Waals surface area contributed by atoms with Crippen LogP contribution >= 0.6 is 22.7 Å². The molecule has 0 aliphatic carbocycles. The van der Waals surface area contributed by atoms with Crippen LogP contribution in [-0.4, -0.2) is 36.7 Å². The van der Waals surface area contributed by atoms with E-state index in [1.54, 1.807) is 28.6 Å². The number of rotatable bonds is 4. The minimum absolute atomic E-state index is 0.209. The molecule has 0 unspecified atom stereocenters. The van der Waals surface area contributed by atoms with Crippen LogP contribution in [0.25, 0.3) is 10.2 Å². The highest BCUT2D eigenvalue weighted by atomic mass is 32.2. The molecule has 142 valence electrons. The van der Waals surface area contributed by atoms with Gasteiger partial charge in [-0.3, -0.25) is 10.1 Å². The van der Waals surface area contributed by atoms with E-state index in [0.29, 0.717) is 34.5 Å². The Labute approximate surface area is 165 Å². The van der Waals surface area contributed by atoms with Crippen molar-refractivity contribution in [1.29, 1.82) is 0 Å². The van der Waals surface area contributed by atoms with Gasteiger partial charge in [0, 0.05) is 13.1 Å². The molecule has 9 heteroatoms. The molecule has 3 aromatic rings. The lowest BCUT2D eigenvalue weighted by atomic mass is 10.0. The summed E-state index contributed by atoms with van der Waals surface area (Å²) in [5.41, 5.74) is 0.674. The van der Waals surface area contributed by atoms with Gasteiger partial charge in [-0.05, 0) is 48.4 Å². The van der Waals surface area contributed by atoms with E-state index in [0.717, 1.165) is 17.5 Å². The number of fused-ring (bicyclic) bond motifs is 1. The lowest BCUT2D eigenvalue weighted by Crippen LogP contribution is -2.37. The first-order chi connectivity index (χ1) is 12.9. The summed E-state index contributed by atoms with van der Waals surface area (Å²) in [4.78, 5) is 17.5. The summed E-state index contributed by atoms with van der Waals surface area (Å²) in [6.45, 7) is 3.28. The number of carbonyl (C=O) groups is 1. The van der Waals surface area contributed by atoms with Crippen molar-refractivity contribution >= 4 is 54.0 Å². The van der Waals surface area contributed by atoms with Crippen LogP contribution in [0.4, 0.5) is 5.13 Å². The summed E-state index contributed by atoms with van der Waals surface area (Å²) in [5, 5.41) is 5.08. The third-order valence-corrected chi connectivity index (χ3v) is 8.40. The zero-order valence-corrected chi connectivity index (χ0v) is 17.2. The van der Waals surface area contributed by atoms with Crippen molar-refractivity contribution in [2.75, 3.05) is 18.4 Å². The number of hydrogen-bond donors (Lipinski definition) is 1. The summed E-state index contributed by atoms with van der Waals surface area (Å²) in [5.74, 6) is 0.356. The van der Waals surface area contributed by atoms with E-state index in [1.807, 2.05) is 11.4 Å². The normalized spacial score (nSPS) is 16.6. The van der Waals surface area contributed by atoms with Gasteiger partial charge in [-0.2, -0.15) is 4.31 Å². The maximum atomic E-state index is 12.9. The molecule has 1 aromatic carbocycles. The number of anilines is 1. The van der Waals surface area contributed by atoms with E-state index < -0.39 is 10.0 Å². The average Bonchev–Trinajstić information content (AvgIpc) is 3.30. The fourth-order valence-corrected chi connectivity index (χ4v) is 6.15. The number of benzene rings is 1. The second-order valence-corrected chi connectivity index (χ2v) is 10.6. The van der Waals surface area contributed by atoms with Crippen molar-refractivity contribution in [1.82, 2.24) is 9.29 Å². The SMILES string of the molecule is CC1CCN(S(=O)(=O)c2ccc3nc(NC(=O)c4cccs4)sc3c2)CC1. The second-order valence-electron chi connectivity index (χ2n) is 6.67. The largest absolute Gasteiger partial charge is 0.297 e. The van der Waals surface area contributed by atoms with E-state index in [1.165, 1.54) is 22.7 Å². The number of amides is 1. The Morgan fingerprint density at radius 3 is 2.74 bits per heavy atom. The van der Waals surface area contributed by atoms with Crippen molar-refractivity contribution < 1.29 is 13.2 Å². The second kappa shape index (κ2) is 7.31. The van der Waals surface area contributed by atoms with Crippen LogP contribution in [0.2, 0.25) is 0 Å². The first kappa shape index (κ1) is 18.5. The number of aromatic nitrogens is 1. The number of nitrogens with one attached hydrogen (secondary N) is 1. The molecule has 1 fully saturated rings. The fraction of sp³-hybridized carbons (Fsp3) is 0.333. The first-order valence-corrected chi connectivity index (χ1v) is 11.8. The lowest BCUT2D eigenvalue weighted by Gasteiger charge is -2.29. The summed E-state index contributed by atoms with van der Waals surface area (Å²) < 4.78 is 28.1. The van der Waals surface area contributed by atoms with E-state index >= 15 is 0 Å². The van der Waals surface area contributed by atoms with Gasteiger partial charge >= 0.3 is 0 Å². The van der Waals surface area contributed by atoms with E-state index in [2.05, 4.69) is 17.2 Å². The Morgan fingerprint density at radius 1 is 1.26 bits per heavy atom. The molecule has 3 heterocycles. The molecule has 2 aromatic heterocycles. The number of nitrogens with zero attached hydrogens (tertiary/aromatic N) is 2. The van der Waals surface area contributed by atoms with Crippen LogP contribution < -0.4 is 5.32 Å². The van der Waals surface area contributed by atoms with Crippen LogP contribution in [0.1, 0.15) is 29.4 Å². The molecule has 1 aliphatic heterocycles. The van der Waals surface area contributed by atoms with Gasteiger partial charge < -0.3 is 0 Å². The van der Waals surface area contributed by atoms with E-state index in [4.69, 9.17) is 0 Å². The van der Waals surface area contributed by atoms with E-state index in [9.17, 15) is 13.2 Å². The molecule has 27 heavy (non-hydrogen) atoms. The van der Waals surface area contributed by atoms with Crippen LogP contribution in [-0.2, 0) is 10.0 Å². The number of sulfonamides is 1. The third kappa shape index (κ3) is 3.77. The number of carbonyl (C=O) groups excluding carboxylic acids is 1. The van der Waals surface area contributed by atoms with Crippen molar-refractivity contribution in [2.24, 2.45) is 5.92 Å². The minimum atomic E-state index is -3.50. The highest BCUT2D eigenvalue weighted by Crippen LogP contribution is 2.31. The van der Waals surface area contributed by atoms with Gasteiger partial charge in [-0.25, -0.2) is 13.4 Å². The molecule has 0 bridgehead atoms. The van der Waals surface area contributed by atoms with E-state index in [-0.39, 0.29) is 10.8 Å². The van der Waals surface area contributed by atoms with Crippen LogP contribution in [0.5, 0.6) is 0 Å². The third-order valence-electron chi connectivity index (χ3n) is 4.71. The van der Waals surface area contributed by atoms with Gasteiger partial charge in [0.2, 0.25) is 10.0 Å². The maximum Gasteiger partial charge on any atom is 0.267 e. The van der Waals surface area contributed by atoms with Crippen molar-refractivity contribution in [3.63, 3.8) is 0 Å². The predicted molar refractivity (Wildman–Crippen MR) is 109 cm³/mol. The standard InChI is InChI=1S/C18H19N3O3S3/c1-12-6-8-21(9-7-12)27(23,24)13-4-5-14-16(11-13)26-18(19-14)20-17(22)15-3-2-10-25-15/h2-5,10-12H,6-9H2,1H3,(H,19,20,22). The van der Waals surface area contributed by atoms with Crippen molar-refractivity contribution in [3.8, 4) is 0 Å². The highest BCUT2D eigenvalue weighted by molar-refractivity contribution is 7.89. The molecule has 1 N–H and O–H groups in total. The fourth-order valence-electron chi connectivity index (χ4n) is 3.06. The zero-order chi connectivity index (χ0) is 19.0. The first-order valence-electron chi connectivity index (χ1n) is 8.69. The summed E-state index contributed by atoms with van der Waals surface area (Å²) in [7, 11) is -3.50. The summed E-state index contributed by atoms with van der Waals surface area (Å²) in [6.07, 6.45) is 1.78. The smallest absolute Gasteiger partial charge is 0.267 e. The molecule has 0 spiro atoms.